The number of fused-ring (bicyclic) bond motifs is 2. The van der Waals surface area contributed by atoms with Crippen LogP contribution < -0.4 is 10.9 Å². The molecule has 3 aromatic carbocycles. The van der Waals surface area contributed by atoms with E-state index in [0.29, 0.717) is 21.8 Å². The van der Waals surface area contributed by atoms with Crippen molar-refractivity contribution in [2.75, 3.05) is 11.1 Å². The van der Waals surface area contributed by atoms with Gasteiger partial charge in [0, 0.05) is 22.0 Å². The fourth-order valence-electron chi connectivity index (χ4n) is 3.65. The highest BCUT2D eigenvalue weighted by molar-refractivity contribution is 7.99. The molecule has 0 aliphatic heterocycles. The molecule has 0 spiro atoms. The highest BCUT2D eigenvalue weighted by Crippen LogP contribution is 2.30. The van der Waals surface area contributed by atoms with Crippen LogP contribution in [0.4, 0.5) is 5.69 Å². The largest absolute Gasteiger partial charge is 0.325 e. The maximum atomic E-state index is 12.7. The summed E-state index contributed by atoms with van der Waals surface area (Å²) >= 11 is 2.88. The number of aromatic amines is 1. The Morgan fingerprint density at radius 3 is 2.66 bits per heavy atom. The average molecular weight is 458 g/mol. The lowest BCUT2D eigenvalue weighted by Gasteiger charge is -2.08. The van der Waals surface area contributed by atoms with Gasteiger partial charge in [-0.3, -0.25) is 9.59 Å². The second-order valence-corrected chi connectivity index (χ2v) is 9.12. The van der Waals surface area contributed by atoms with Gasteiger partial charge in [0.25, 0.3) is 5.56 Å². The molecule has 0 fully saturated rings. The number of hydrogen-bond donors (Lipinski definition) is 2. The molecule has 2 N–H and O–H groups in total. The van der Waals surface area contributed by atoms with Gasteiger partial charge in [0.05, 0.1) is 16.9 Å². The normalized spacial score (nSPS) is 11.1. The molecule has 7 heteroatoms. The second-order valence-electron chi connectivity index (χ2n) is 7.28. The third-order valence-electron chi connectivity index (χ3n) is 5.11. The van der Waals surface area contributed by atoms with Gasteiger partial charge in [0.1, 0.15) is 10.7 Å². The van der Waals surface area contributed by atoms with E-state index in [4.69, 9.17) is 0 Å². The summed E-state index contributed by atoms with van der Waals surface area (Å²) < 4.78 is 0. The molecule has 32 heavy (non-hydrogen) atoms. The Morgan fingerprint density at radius 1 is 1.00 bits per heavy atom. The van der Waals surface area contributed by atoms with Gasteiger partial charge in [0.2, 0.25) is 5.91 Å². The number of aromatic nitrogens is 2. The Kier molecular flexibility index (Phi) is 5.75. The molecule has 2 heterocycles. The zero-order chi connectivity index (χ0) is 21.9. The number of thioether (sulfide) groups is 1. The van der Waals surface area contributed by atoms with Crippen LogP contribution in [-0.4, -0.2) is 21.6 Å². The number of rotatable bonds is 6. The van der Waals surface area contributed by atoms with Gasteiger partial charge in [-0.25, -0.2) is 4.98 Å². The molecule has 158 valence electrons. The van der Waals surface area contributed by atoms with Crippen LogP contribution in [0, 0.1) is 0 Å². The monoisotopic (exact) mass is 457 g/mol. The molecule has 0 aliphatic rings. The van der Waals surface area contributed by atoms with Crippen molar-refractivity contribution in [3.8, 4) is 11.1 Å². The maximum absolute atomic E-state index is 12.7. The summed E-state index contributed by atoms with van der Waals surface area (Å²) in [5, 5.41) is 7.66. The van der Waals surface area contributed by atoms with E-state index in [2.05, 4.69) is 15.3 Å². The van der Waals surface area contributed by atoms with Crippen LogP contribution >= 0.6 is 23.1 Å². The van der Waals surface area contributed by atoms with Crippen molar-refractivity contribution in [2.45, 2.75) is 5.75 Å². The van der Waals surface area contributed by atoms with Crippen LogP contribution in [0.2, 0.25) is 0 Å². The summed E-state index contributed by atoms with van der Waals surface area (Å²) in [6.45, 7) is 0. The van der Waals surface area contributed by atoms with Crippen molar-refractivity contribution in [3.05, 3.63) is 94.4 Å². The van der Waals surface area contributed by atoms with E-state index in [9.17, 15) is 9.59 Å². The van der Waals surface area contributed by atoms with Gasteiger partial charge in [-0.15, -0.1) is 23.1 Å². The van der Waals surface area contributed by atoms with E-state index in [1.807, 2.05) is 78.2 Å². The van der Waals surface area contributed by atoms with E-state index in [0.717, 1.165) is 27.6 Å². The predicted molar refractivity (Wildman–Crippen MR) is 134 cm³/mol. The van der Waals surface area contributed by atoms with Crippen molar-refractivity contribution in [3.63, 3.8) is 0 Å². The second kappa shape index (κ2) is 8.98. The lowest BCUT2D eigenvalue weighted by Crippen LogP contribution is -2.15. The molecular weight excluding hydrogens is 438 g/mol. The van der Waals surface area contributed by atoms with Gasteiger partial charge in [-0.1, -0.05) is 66.7 Å². The first kappa shape index (κ1) is 20.5. The van der Waals surface area contributed by atoms with Crippen molar-refractivity contribution in [1.29, 1.82) is 0 Å². The minimum Gasteiger partial charge on any atom is -0.325 e. The first-order valence-electron chi connectivity index (χ1n) is 10.1. The van der Waals surface area contributed by atoms with Crippen LogP contribution in [-0.2, 0) is 10.5 Å². The summed E-state index contributed by atoms with van der Waals surface area (Å²) in [6, 6.07) is 23.6. The Hall–Kier alpha value is -3.42. The number of hydrogen-bond acceptors (Lipinski definition) is 5. The molecule has 1 amide bonds. The summed E-state index contributed by atoms with van der Waals surface area (Å²) in [5.74, 6) is 1.21. The van der Waals surface area contributed by atoms with Gasteiger partial charge in [-0.2, -0.15) is 0 Å². The molecular formula is C25H19N3O2S2. The summed E-state index contributed by atoms with van der Waals surface area (Å²) in [7, 11) is 0. The van der Waals surface area contributed by atoms with Crippen LogP contribution in [0.1, 0.15) is 5.82 Å². The third-order valence-corrected chi connectivity index (χ3v) is 6.93. The number of carbonyl (C=O) groups is 1. The highest BCUT2D eigenvalue weighted by atomic mass is 32.2. The Bertz CT molecular complexity index is 1470. The molecule has 5 aromatic rings. The molecule has 0 radical (unpaired) electrons. The minimum atomic E-state index is -0.147. The number of nitrogens with zero attached hydrogens (tertiary/aromatic N) is 1. The van der Waals surface area contributed by atoms with Gasteiger partial charge in [0.15, 0.2) is 0 Å². The first-order chi connectivity index (χ1) is 15.7. The van der Waals surface area contributed by atoms with Crippen molar-refractivity contribution in [2.24, 2.45) is 0 Å². The third kappa shape index (κ3) is 4.17. The van der Waals surface area contributed by atoms with Crippen molar-refractivity contribution < 1.29 is 4.79 Å². The Morgan fingerprint density at radius 2 is 1.78 bits per heavy atom. The number of H-pyrrole nitrogens is 1. The zero-order valence-corrected chi connectivity index (χ0v) is 18.6. The van der Waals surface area contributed by atoms with Crippen molar-refractivity contribution in [1.82, 2.24) is 9.97 Å². The summed E-state index contributed by atoms with van der Waals surface area (Å²) in [5.41, 5.74) is 2.55. The number of amides is 1. The lowest BCUT2D eigenvalue weighted by atomic mass is 10.1. The standard InChI is InChI=1S/C25H19N3O2S2/c29-22(26-20-12-6-10-16-9-4-5-11-18(16)20)15-31-14-21-27-24(30)23-19(13-32-25(23)28-21)17-7-2-1-3-8-17/h1-13H,14-15H2,(H,26,29)(H,27,28,30). The lowest BCUT2D eigenvalue weighted by molar-refractivity contribution is -0.113. The molecule has 2 aromatic heterocycles. The molecule has 0 aliphatic carbocycles. The summed E-state index contributed by atoms with van der Waals surface area (Å²) in [6.07, 6.45) is 0. The smallest absolute Gasteiger partial charge is 0.260 e. The zero-order valence-electron chi connectivity index (χ0n) is 17.0. The number of thiophene rings is 1. The molecule has 0 saturated heterocycles. The molecule has 0 saturated carbocycles. The fourth-order valence-corrected chi connectivity index (χ4v) is 5.31. The molecule has 0 atom stereocenters. The van der Waals surface area contributed by atoms with Gasteiger partial charge >= 0.3 is 0 Å². The van der Waals surface area contributed by atoms with Crippen LogP contribution in [0.25, 0.3) is 32.1 Å². The van der Waals surface area contributed by atoms with E-state index in [1.165, 1.54) is 23.1 Å². The highest BCUT2D eigenvalue weighted by Gasteiger charge is 2.13. The SMILES string of the molecule is O=C(CSCc1nc2scc(-c3ccccc3)c2c(=O)[nH]1)Nc1cccc2ccccc12. The van der Waals surface area contributed by atoms with Crippen LogP contribution in [0.3, 0.4) is 0 Å². The van der Waals surface area contributed by atoms with E-state index in [-0.39, 0.29) is 17.2 Å². The molecule has 0 unspecified atom stereocenters. The average Bonchev–Trinajstić information content (AvgIpc) is 3.25. The number of anilines is 1. The molecule has 5 rings (SSSR count). The quantitative estimate of drug-likeness (QED) is 0.344. The number of nitrogens with one attached hydrogen (secondary N) is 2. The summed E-state index contributed by atoms with van der Waals surface area (Å²) in [4.78, 5) is 33.4. The minimum absolute atomic E-state index is 0.0859. The van der Waals surface area contributed by atoms with Crippen molar-refractivity contribution >= 4 is 55.7 Å². The topological polar surface area (TPSA) is 74.8 Å². The van der Waals surface area contributed by atoms with Crippen LogP contribution in [0.5, 0.6) is 0 Å². The Labute approximate surface area is 192 Å². The Balaban J connectivity index is 1.26. The molecule has 5 nitrogen and oxygen atoms in total. The number of benzene rings is 3. The maximum Gasteiger partial charge on any atom is 0.260 e. The molecule has 0 bridgehead atoms. The first-order valence-corrected chi connectivity index (χ1v) is 12.1. The van der Waals surface area contributed by atoms with Gasteiger partial charge < -0.3 is 10.3 Å². The predicted octanol–water partition coefficient (Wildman–Crippen LogP) is 5.68. The van der Waals surface area contributed by atoms with E-state index in [1.54, 1.807) is 0 Å². The van der Waals surface area contributed by atoms with E-state index < -0.39 is 0 Å². The van der Waals surface area contributed by atoms with E-state index >= 15 is 0 Å². The number of carbonyl (C=O) groups excluding carboxylic acids is 1. The fraction of sp³-hybridized carbons (Fsp3) is 0.0800. The van der Waals surface area contributed by atoms with Crippen LogP contribution in [0.15, 0.2) is 83.0 Å². The van der Waals surface area contributed by atoms with Gasteiger partial charge in [-0.05, 0) is 17.0 Å².